The second kappa shape index (κ2) is 14.3. The Morgan fingerprint density at radius 3 is 1.54 bits per heavy atom. The Balaban J connectivity index is 0.997. The minimum absolute atomic E-state index is 0.556. The van der Waals surface area contributed by atoms with Gasteiger partial charge in [-0.25, -0.2) is 15.0 Å². The zero-order valence-electron chi connectivity index (χ0n) is 33.0. The van der Waals surface area contributed by atoms with E-state index in [2.05, 4.69) is 188 Å². The smallest absolute Gasteiger partial charge is 0.167 e. The molecule has 0 aliphatic heterocycles. The molecule has 0 fully saturated rings. The van der Waals surface area contributed by atoms with E-state index in [0.29, 0.717) is 17.5 Å². The van der Waals surface area contributed by atoms with Crippen LogP contribution in [0.3, 0.4) is 0 Å². The maximum absolute atomic E-state index is 6.52. The van der Waals surface area contributed by atoms with Crippen LogP contribution in [0.2, 0.25) is 0 Å². The van der Waals surface area contributed by atoms with Crippen LogP contribution in [-0.2, 0) is 0 Å². The van der Waals surface area contributed by atoms with E-state index in [9.17, 15) is 0 Å². The Hall–Kier alpha value is -8.21. The molecule has 4 nitrogen and oxygen atoms in total. The summed E-state index contributed by atoms with van der Waals surface area (Å²) in [5.41, 5.74) is 11.2. The third kappa shape index (κ3) is 6.12. The quantitative estimate of drug-likeness (QED) is 0.169. The molecular weight excluding hydrogens is 743 g/mol. The second-order valence-corrected chi connectivity index (χ2v) is 15.6. The molecule has 10 aromatic carbocycles. The van der Waals surface area contributed by atoms with E-state index in [1.807, 2.05) is 24.3 Å². The van der Waals surface area contributed by atoms with Crippen LogP contribution in [-0.4, -0.2) is 15.0 Å². The molecule has 2 aromatic heterocycles. The zero-order chi connectivity index (χ0) is 40.3. The first-order valence-corrected chi connectivity index (χ1v) is 20.6. The molecule has 12 rings (SSSR count). The van der Waals surface area contributed by atoms with Gasteiger partial charge in [-0.15, -0.1) is 0 Å². The normalized spacial score (nSPS) is 11.6. The highest BCUT2D eigenvalue weighted by atomic mass is 16.3. The van der Waals surface area contributed by atoms with Crippen molar-refractivity contribution in [3.8, 4) is 67.5 Å². The van der Waals surface area contributed by atoms with Gasteiger partial charge < -0.3 is 4.42 Å². The molecule has 0 bridgehead atoms. The number of hydrogen-bond acceptors (Lipinski definition) is 4. The molecule has 284 valence electrons. The molecule has 0 aliphatic carbocycles. The Kier molecular flexibility index (Phi) is 8.13. The Labute approximate surface area is 352 Å². The van der Waals surface area contributed by atoms with E-state index in [4.69, 9.17) is 19.4 Å². The number of benzene rings is 10. The van der Waals surface area contributed by atoms with Gasteiger partial charge in [-0.05, 0) is 102 Å². The largest absolute Gasteiger partial charge is 0.455 e. The predicted molar refractivity (Wildman–Crippen MR) is 252 cm³/mol. The van der Waals surface area contributed by atoms with Gasteiger partial charge in [-0.3, -0.25) is 0 Å². The molecule has 0 unspecified atom stereocenters. The summed E-state index contributed by atoms with van der Waals surface area (Å²) in [5.74, 6) is 1.75. The van der Waals surface area contributed by atoms with E-state index in [1.165, 1.54) is 32.7 Å². The minimum Gasteiger partial charge on any atom is -0.455 e. The lowest BCUT2D eigenvalue weighted by molar-refractivity contribution is 0.669. The highest BCUT2D eigenvalue weighted by Gasteiger charge is 2.20. The second-order valence-electron chi connectivity index (χ2n) is 15.6. The number of furan rings is 1. The van der Waals surface area contributed by atoms with Crippen molar-refractivity contribution in [1.29, 1.82) is 0 Å². The fourth-order valence-corrected chi connectivity index (χ4v) is 8.82. The molecule has 0 N–H and O–H groups in total. The van der Waals surface area contributed by atoms with Crippen LogP contribution in [0.25, 0.3) is 122 Å². The lowest BCUT2D eigenvalue weighted by Crippen LogP contribution is -2.01. The molecule has 0 saturated heterocycles. The third-order valence-corrected chi connectivity index (χ3v) is 11.9. The third-order valence-electron chi connectivity index (χ3n) is 11.9. The molecule has 0 aliphatic rings. The monoisotopic (exact) mass is 777 g/mol. The Morgan fingerprint density at radius 2 is 0.770 bits per heavy atom. The summed E-state index contributed by atoms with van der Waals surface area (Å²) >= 11 is 0. The summed E-state index contributed by atoms with van der Waals surface area (Å²) in [7, 11) is 0. The van der Waals surface area contributed by atoms with Gasteiger partial charge >= 0.3 is 0 Å². The topological polar surface area (TPSA) is 51.8 Å². The average Bonchev–Trinajstić information content (AvgIpc) is 3.72. The molecule has 0 saturated carbocycles. The molecule has 2 heterocycles. The first-order valence-electron chi connectivity index (χ1n) is 20.6. The Bertz CT molecular complexity index is 3650. The summed E-state index contributed by atoms with van der Waals surface area (Å²) in [4.78, 5) is 15.7. The van der Waals surface area contributed by atoms with Crippen molar-refractivity contribution in [2.45, 2.75) is 0 Å². The SMILES string of the molecule is c1ccc(-c2ccc3ccc(-c4ccc(-c5nc(-c6ccc(-c7ccc8ccccc8c7)c7ccccc67)nc(-c6cccc7c6oc6ccccc67)n5)cc4)cc3c2)cc1. The maximum atomic E-state index is 6.52. The maximum Gasteiger partial charge on any atom is 0.167 e. The molecule has 0 atom stereocenters. The van der Waals surface area contributed by atoms with Gasteiger partial charge in [-0.1, -0.05) is 176 Å². The van der Waals surface area contributed by atoms with E-state index < -0.39 is 0 Å². The molecule has 0 amide bonds. The van der Waals surface area contributed by atoms with Gasteiger partial charge in [0, 0.05) is 21.9 Å². The van der Waals surface area contributed by atoms with Crippen molar-refractivity contribution in [2.24, 2.45) is 0 Å². The number of hydrogen-bond donors (Lipinski definition) is 0. The lowest BCUT2D eigenvalue weighted by atomic mass is 9.93. The molecular formula is C57H35N3O. The number of para-hydroxylation sites is 2. The fraction of sp³-hybridized carbons (Fsp3) is 0. The van der Waals surface area contributed by atoms with Crippen molar-refractivity contribution in [3.63, 3.8) is 0 Å². The molecule has 4 heteroatoms. The van der Waals surface area contributed by atoms with Crippen LogP contribution in [0, 0.1) is 0 Å². The van der Waals surface area contributed by atoms with Crippen molar-refractivity contribution < 1.29 is 4.42 Å². The van der Waals surface area contributed by atoms with Crippen LogP contribution in [0.15, 0.2) is 217 Å². The predicted octanol–water partition coefficient (Wildman–Crippen LogP) is 15.2. The van der Waals surface area contributed by atoms with Crippen molar-refractivity contribution in [3.05, 3.63) is 212 Å². The first-order chi connectivity index (χ1) is 30.2. The fourth-order valence-electron chi connectivity index (χ4n) is 8.82. The van der Waals surface area contributed by atoms with Gasteiger partial charge in [-0.2, -0.15) is 0 Å². The lowest BCUT2D eigenvalue weighted by Gasteiger charge is -2.14. The summed E-state index contributed by atoms with van der Waals surface area (Å²) in [6.45, 7) is 0. The standard InChI is InChI=1S/C57H35N3O/c1-2-11-36(12-3-1)42-28-23-39-24-29-43(35-45(39)34-42)38-21-26-40(27-22-38)55-58-56(60-57(59-55)52-19-10-18-50-49-17-8-9-20-53(49)61-54(50)52)51-32-31-46(47-15-6-7-16-48(47)51)44-30-25-37-13-4-5-14-41(37)33-44/h1-35H. The van der Waals surface area contributed by atoms with Gasteiger partial charge in [0.2, 0.25) is 0 Å². The van der Waals surface area contributed by atoms with Crippen LogP contribution >= 0.6 is 0 Å². The minimum atomic E-state index is 0.556. The van der Waals surface area contributed by atoms with Crippen LogP contribution in [0.1, 0.15) is 0 Å². The van der Waals surface area contributed by atoms with Crippen LogP contribution in [0.4, 0.5) is 0 Å². The number of aromatic nitrogens is 3. The summed E-state index contributed by atoms with van der Waals surface area (Å²) in [6, 6.07) is 74.8. The number of nitrogens with zero attached hydrogens (tertiary/aromatic N) is 3. The highest BCUT2D eigenvalue weighted by Crippen LogP contribution is 2.39. The first kappa shape index (κ1) is 34.8. The van der Waals surface area contributed by atoms with E-state index in [-0.39, 0.29) is 0 Å². The summed E-state index contributed by atoms with van der Waals surface area (Å²) < 4.78 is 6.52. The van der Waals surface area contributed by atoms with Crippen LogP contribution in [0.5, 0.6) is 0 Å². The van der Waals surface area contributed by atoms with Crippen molar-refractivity contribution in [2.75, 3.05) is 0 Å². The molecule has 61 heavy (non-hydrogen) atoms. The number of fused-ring (bicyclic) bond motifs is 6. The average molecular weight is 778 g/mol. The molecule has 12 aromatic rings. The molecule has 0 spiro atoms. The summed E-state index contributed by atoms with van der Waals surface area (Å²) in [6.07, 6.45) is 0. The van der Waals surface area contributed by atoms with E-state index in [1.54, 1.807) is 0 Å². The van der Waals surface area contributed by atoms with Gasteiger partial charge in [0.25, 0.3) is 0 Å². The van der Waals surface area contributed by atoms with Crippen LogP contribution < -0.4 is 0 Å². The van der Waals surface area contributed by atoms with Gasteiger partial charge in [0.05, 0.1) is 5.56 Å². The van der Waals surface area contributed by atoms with E-state index in [0.717, 1.165) is 71.7 Å². The summed E-state index contributed by atoms with van der Waals surface area (Å²) in [5, 5.41) is 9.13. The number of rotatable bonds is 6. The highest BCUT2D eigenvalue weighted by molar-refractivity contribution is 6.09. The molecule has 0 radical (unpaired) electrons. The van der Waals surface area contributed by atoms with Gasteiger partial charge in [0.1, 0.15) is 11.2 Å². The van der Waals surface area contributed by atoms with Crippen molar-refractivity contribution >= 4 is 54.3 Å². The van der Waals surface area contributed by atoms with E-state index >= 15 is 0 Å². The van der Waals surface area contributed by atoms with Crippen molar-refractivity contribution in [1.82, 2.24) is 15.0 Å². The zero-order valence-corrected chi connectivity index (χ0v) is 33.0. The van der Waals surface area contributed by atoms with Gasteiger partial charge in [0.15, 0.2) is 17.5 Å². The Morgan fingerprint density at radius 1 is 0.262 bits per heavy atom.